The van der Waals surface area contributed by atoms with Gasteiger partial charge in [-0.1, -0.05) is 0 Å². The van der Waals surface area contributed by atoms with Gasteiger partial charge in [-0.3, -0.25) is 4.79 Å². The fraction of sp³-hybridized carbons (Fsp3) is 0.889. The van der Waals surface area contributed by atoms with Crippen LogP contribution in [0.1, 0.15) is 26.2 Å². The van der Waals surface area contributed by atoms with Crippen molar-refractivity contribution in [2.45, 2.75) is 38.6 Å². The van der Waals surface area contributed by atoms with E-state index in [9.17, 15) is 4.79 Å². The highest BCUT2D eigenvalue weighted by atomic mass is 16.7. The second-order valence-electron chi connectivity index (χ2n) is 3.16. The lowest BCUT2D eigenvalue weighted by atomic mass is 10.1. The van der Waals surface area contributed by atoms with Gasteiger partial charge < -0.3 is 14.2 Å². The Labute approximate surface area is 78.2 Å². The first-order chi connectivity index (χ1) is 6.22. The standard InChI is InChI=1S/C9H16O4/c1-7(10)12-6-8-4-3-5-9(11-2)13-8/h8-9H,3-6H2,1-2H3. The largest absolute Gasteiger partial charge is 0.463 e. The zero-order valence-corrected chi connectivity index (χ0v) is 8.12. The van der Waals surface area contributed by atoms with E-state index in [1.54, 1.807) is 7.11 Å². The fourth-order valence-corrected chi connectivity index (χ4v) is 1.37. The van der Waals surface area contributed by atoms with Crippen LogP contribution >= 0.6 is 0 Å². The van der Waals surface area contributed by atoms with Crippen LogP contribution in [-0.4, -0.2) is 32.1 Å². The molecule has 0 aromatic carbocycles. The monoisotopic (exact) mass is 188 g/mol. The summed E-state index contributed by atoms with van der Waals surface area (Å²) < 4.78 is 15.4. The molecule has 4 heteroatoms. The van der Waals surface area contributed by atoms with Gasteiger partial charge in [0, 0.05) is 14.0 Å². The first kappa shape index (κ1) is 10.5. The number of methoxy groups -OCH3 is 1. The van der Waals surface area contributed by atoms with Crippen molar-refractivity contribution in [2.75, 3.05) is 13.7 Å². The van der Waals surface area contributed by atoms with Crippen molar-refractivity contribution in [3.05, 3.63) is 0 Å². The van der Waals surface area contributed by atoms with E-state index in [-0.39, 0.29) is 18.4 Å². The SMILES string of the molecule is COC1CCCC(COC(C)=O)O1. The van der Waals surface area contributed by atoms with Crippen LogP contribution in [0.3, 0.4) is 0 Å². The molecule has 1 aliphatic heterocycles. The van der Waals surface area contributed by atoms with Crippen molar-refractivity contribution in [3.8, 4) is 0 Å². The molecule has 4 nitrogen and oxygen atoms in total. The summed E-state index contributed by atoms with van der Waals surface area (Å²) in [5.74, 6) is -0.261. The van der Waals surface area contributed by atoms with Crippen molar-refractivity contribution in [2.24, 2.45) is 0 Å². The molecule has 1 fully saturated rings. The van der Waals surface area contributed by atoms with E-state index >= 15 is 0 Å². The van der Waals surface area contributed by atoms with E-state index in [1.165, 1.54) is 6.92 Å². The Morgan fingerprint density at radius 2 is 2.31 bits per heavy atom. The zero-order chi connectivity index (χ0) is 9.68. The topological polar surface area (TPSA) is 44.8 Å². The van der Waals surface area contributed by atoms with Gasteiger partial charge in [0.25, 0.3) is 0 Å². The maximum Gasteiger partial charge on any atom is 0.302 e. The molecule has 1 heterocycles. The second-order valence-corrected chi connectivity index (χ2v) is 3.16. The van der Waals surface area contributed by atoms with E-state index in [0.29, 0.717) is 6.61 Å². The van der Waals surface area contributed by atoms with Gasteiger partial charge in [0.1, 0.15) is 6.61 Å². The Morgan fingerprint density at radius 1 is 1.54 bits per heavy atom. The van der Waals surface area contributed by atoms with Gasteiger partial charge in [0.15, 0.2) is 6.29 Å². The van der Waals surface area contributed by atoms with E-state index in [4.69, 9.17) is 14.2 Å². The summed E-state index contributed by atoms with van der Waals surface area (Å²) in [5.41, 5.74) is 0. The van der Waals surface area contributed by atoms with Gasteiger partial charge in [-0.15, -0.1) is 0 Å². The summed E-state index contributed by atoms with van der Waals surface area (Å²) in [7, 11) is 1.62. The molecule has 0 aromatic heterocycles. The van der Waals surface area contributed by atoms with Crippen LogP contribution in [0.15, 0.2) is 0 Å². The maximum absolute atomic E-state index is 10.5. The van der Waals surface area contributed by atoms with Crippen molar-refractivity contribution < 1.29 is 19.0 Å². The smallest absolute Gasteiger partial charge is 0.302 e. The Bertz CT molecular complexity index is 169. The fourth-order valence-electron chi connectivity index (χ4n) is 1.37. The van der Waals surface area contributed by atoms with Gasteiger partial charge in [0.2, 0.25) is 0 Å². The third-order valence-corrected chi connectivity index (χ3v) is 2.05. The van der Waals surface area contributed by atoms with Crippen LogP contribution in [-0.2, 0) is 19.0 Å². The van der Waals surface area contributed by atoms with Crippen LogP contribution in [0, 0.1) is 0 Å². The molecule has 1 saturated heterocycles. The van der Waals surface area contributed by atoms with E-state index < -0.39 is 0 Å². The van der Waals surface area contributed by atoms with Gasteiger partial charge in [-0.05, 0) is 19.3 Å². The quantitative estimate of drug-likeness (QED) is 0.622. The van der Waals surface area contributed by atoms with Crippen molar-refractivity contribution in [1.82, 2.24) is 0 Å². The average molecular weight is 188 g/mol. The lowest BCUT2D eigenvalue weighted by molar-refractivity contribution is -0.194. The Balaban J connectivity index is 2.21. The van der Waals surface area contributed by atoms with Crippen LogP contribution in [0.25, 0.3) is 0 Å². The molecular formula is C9H16O4. The Kier molecular flexibility index (Phi) is 4.18. The summed E-state index contributed by atoms with van der Waals surface area (Å²) in [6.45, 7) is 1.74. The first-order valence-corrected chi connectivity index (χ1v) is 4.54. The van der Waals surface area contributed by atoms with Crippen molar-refractivity contribution in [1.29, 1.82) is 0 Å². The minimum Gasteiger partial charge on any atom is -0.463 e. The third kappa shape index (κ3) is 3.74. The molecule has 1 aliphatic rings. The van der Waals surface area contributed by atoms with E-state index in [2.05, 4.69) is 0 Å². The van der Waals surface area contributed by atoms with Gasteiger partial charge in [-0.2, -0.15) is 0 Å². The van der Waals surface area contributed by atoms with E-state index in [1.807, 2.05) is 0 Å². The molecule has 0 spiro atoms. The number of ether oxygens (including phenoxy) is 3. The minimum absolute atomic E-state index is 0.00241. The summed E-state index contributed by atoms with van der Waals surface area (Å²) in [5, 5.41) is 0. The molecule has 0 amide bonds. The molecule has 0 aliphatic carbocycles. The van der Waals surface area contributed by atoms with Crippen LogP contribution in [0.2, 0.25) is 0 Å². The summed E-state index contributed by atoms with van der Waals surface area (Å²) >= 11 is 0. The number of rotatable bonds is 3. The molecule has 0 bridgehead atoms. The highest BCUT2D eigenvalue weighted by Crippen LogP contribution is 2.19. The second kappa shape index (κ2) is 5.19. The summed E-state index contributed by atoms with van der Waals surface area (Å²) in [6, 6.07) is 0. The highest BCUT2D eigenvalue weighted by Gasteiger charge is 2.22. The van der Waals surface area contributed by atoms with E-state index in [0.717, 1.165) is 19.3 Å². The molecule has 1 rings (SSSR count). The molecule has 0 N–H and O–H groups in total. The van der Waals surface area contributed by atoms with Gasteiger partial charge in [0.05, 0.1) is 6.10 Å². The highest BCUT2D eigenvalue weighted by molar-refractivity contribution is 5.65. The normalized spacial score (nSPS) is 28.5. The molecule has 2 unspecified atom stereocenters. The summed E-state index contributed by atoms with van der Waals surface area (Å²) in [4.78, 5) is 10.5. The molecule has 2 atom stereocenters. The van der Waals surface area contributed by atoms with Crippen molar-refractivity contribution in [3.63, 3.8) is 0 Å². The van der Waals surface area contributed by atoms with Crippen LogP contribution in [0.5, 0.6) is 0 Å². The number of hydrogen-bond donors (Lipinski definition) is 0. The summed E-state index contributed by atoms with van der Waals surface area (Å²) in [6.07, 6.45) is 2.79. The Morgan fingerprint density at radius 3 is 2.92 bits per heavy atom. The van der Waals surface area contributed by atoms with Crippen LogP contribution in [0.4, 0.5) is 0 Å². The lowest BCUT2D eigenvalue weighted by Gasteiger charge is -2.28. The molecule has 0 radical (unpaired) electrons. The molecule has 0 saturated carbocycles. The number of esters is 1. The number of carbonyl (C=O) groups is 1. The molecular weight excluding hydrogens is 172 g/mol. The number of hydrogen-bond acceptors (Lipinski definition) is 4. The predicted molar refractivity (Wildman–Crippen MR) is 46.2 cm³/mol. The zero-order valence-electron chi connectivity index (χ0n) is 8.12. The first-order valence-electron chi connectivity index (χ1n) is 4.54. The maximum atomic E-state index is 10.5. The Hall–Kier alpha value is -0.610. The van der Waals surface area contributed by atoms with Crippen LogP contribution < -0.4 is 0 Å². The third-order valence-electron chi connectivity index (χ3n) is 2.05. The molecule has 0 aromatic rings. The average Bonchev–Trinajstić information content (AvgIpc) is 2.15. The molecule has 76 valence electrons. The number of carbonyl (C=O) groups excluding carboxylic acids is 1. The predicted octanol–water partition coefficient (Wildman–Crippen LogP) is 1.09. The van der Waals surface area contributed by atoms with Gasteiger partial charge in [-0.25, -0.2) is 0 Å². The molecule has 13 heavy (non-hydrogen) atoms. The minimum atomic E-state index is -0.261. The van der Waals surface area contributed by atoms with Crippen molar-refractivity contribution >= 4 is 5.97 Å². The van der Waals surface area contributed by atoms with Gasteiger partial charge >= 0.3 is 5.97 Å². The lowest BCUT2D eigenvalue weighted by Crippen LogP contribution is -2.32.